The number of halogens is 2. The molecule has 0 aliphatic carbocycles. The molecule has 8 heteroatoms. The van der Waals surface area contributed by atoms with Crippen molar-refractivity contribution in [2.45, 2.75) is 0 Å². The smallest absolute Gasteiger partial charge is 0.343 e. The summed E-state index contributed by atoms with van der Waals surface area (Å²) in [4.78, 5) is 24.3. The Morgan fingerprint density at radius 2 is 1.62 bits per heavy atom. The maximum absolute atomic E-state index is 12.2. The first-order valence-electron chi connectivity index (χ1n) is 10.2. The highest BCUT2D eigenvalue weighted by atomic mass is 79.9. The topological polar surface area (TPSA) is 77.0 Å². The molecule has 4 aromatic carbocycles. The van der Waals surface area contributed by atoms with Crippen molar-refractivity contribution in [2.75, 3.05) is 6.61 Å². The van der Waals surface area contributed by atoms with E-state index < -0.39 is 11.9 Å². The lowest BCUT2D eigenvalue weighted by atomic mass is 10.1. The molecule has 4 rings (SSSR count). The summed E-state index contributed by atoms with van der Waals surface area (Å²) in [6, 6.07) is 25.3. The number of carbonyl (C=O) groups excluding carboxylic acids is 2. The maximum atomic E-state index is 12.2. The normalized spacial score (nSPS) is 10.9. The molecule has 0 heterocycles. The van der Waals surface area contributed by atoms with E-state index in [1.165, 1.54) is 6.21 Å². The van der Waals surface area contributed by atoms with Crippen LogP contribution in [0.4, 0.5) is 0 Å². The number of nitrogens with one attached hydrogen (secondary N) is 1. The molecule has 1 N–H and O–H groups in total. The molecular formula is C26H18Br2N2O4. The van der Waals surface area contributed by atoms with Crippen molar-refractivity contribution in [3.05, 3.63) is 105 Å². The highest BCUT2D eigenvalue weighted by Gasteiger charge is 2.09. The van der Waals surface area contributed by atoms with Gasteiger partial charge in [0, 0.05) is 4.47 Å². The fourth-order valence-electron chi connectivity index (χ4n) is 3.05. The summed E-state index contributed by atoms with van der Waals surface area (Å²) < 4.78 is 12.7. The van der Waals surface area contributed by atoms with Crippen LogP contribution in [-0.2, 0) is 4.79 Å². The SMILES string of the molecule is O=C(COc1ccc2ccccc2c1Br)N/N=C/c1ccc(OC(=O)c2ccc(Br)cc2)cc1. The van der Waals surface area contributed by atoms with E-state index in [1.54, 1.807) is 48.5 Å². The molecule has 1 amide bonds. The Morgan fingerprint density at radius 1 is 0.882 bits per heavy atom. The number of hydrazone groups is 1. The van der Waals surface area contributed by atoms with Gasteiger partial charge in [0.1, 0.15) is 11.5 Å². The van der Waals surface area contributed by atoms with Crippen LogP contribution in [0.15, 0.2) is 99.0 Å². The first-order chi connectivity index (χ1) is 16.5. The lowest BCUT2D eigenvalue weighted by molar-refractivity contribution is -0.123. The third kappa shape index (κ3) is 6.09. The van der Waals surface area contributed by atoms with Gasteiger partial charge in [0.2, 0.25) is 0 Å². The van der Waals surface area contributed by atoms with Gasteiger partial charge >= 0.3 is 5.97 Å². The number of nitrogens with zero attached hydrogens (tertiary/aromatic N) is 1. The Balaban J connectivity index is 1.27. The Morgan fingerprint density at radius 3 is 2.38 bits per heavy atom. The highest BCUT2D eigenvalue weighted by molar-refractivity contribution is 9.11. The molecule has 0 saturated heterocycles. The number of fused-ring (bicyclic) bond motifs is 1. The molecule has 6 nitrogen and oxygen atoms in total. The average molecular weight is 582 g/mol. The number of amides is 1. The number of hydrogen-bond donors (Lipinski definition) is 1. The van der Waals surface area contributed by atoms with Gasteiger partial charge in [0.05, 0.1) is 16.3 Å². The van der Waals surface area contributed by atoms with Gasteiger partial charge in [-0.05, 0) is 86.9 Å². The third-order valence-corrected chi connectivity index (χ3v) is 6.11. The second-order valence-electron chi connectivity index (χ2n) is 7.15. The zero-order valence-corrected chi connectivity index (χ0v) is 20.9. The predicted molar refractivity (Wildman–Crippen MR) is 138 cm³/mol. The molecule has 0 radical (unpaired) electrons. The van der Waals surface area contributed by atoms with Crippen LogP contribution in [0.25, 0.3) is 10.8 Å². The molecule has 0 aliphatic rings. The first kappa shape index (κ1) is 23.7. The number of ether oxygens (including phenoxy) is 2. The first-order valence-corrected chi connectivity index (χ1v) is 11.8. The molecule has 170 valence electrons. The predicted octanol–water partition coefficient (Wildman–Crippen LogP) is 6.11. The second-order valence-corrected chi connectivity index (χ2v) is 8.85. The van der Waals surface area contributed by atoms with Gasteiger partial charge in [-0.25, -0.2) is 10.2 Å². The van der Waals surface area contributed by atoms with Crippen molar-refractivity contribution in [1.29, 1.82) is 0 Å². The van der Waals surface area contributed by atoms with E-state index in [0.717, 1.165) is 25.3 Å². The van der Waals surface area contributed by atoms with Gasteiger partial charge in [0.15, 0.2) is 6.61 Å². The van der Waals surface area contributed by atoms with Crippen molar-refractivity contribution in [2.24, 2.45) is 5.10 Å². The Bertz CT molecular complexity index is 1350. The van der Waals surface area contributed by atoms with Gasteiger partial charge < -0.3 is 9.47 Å². The summed E-state index contributed by atoms with van der Waals surface area (Å²) in [7, 11) is 0. The van der Waals surface area contributed by atoms with E-state index >= 15 is 0 Å². The quantitative estimate of drug-likeness (QED) is 0.124. The fourth-order valence-corrected chi connectivity index (χ4v) is 3.93. The molecular weight excluding hydrogens is 564 g/mol. The molecule has 0 unspecified atom stereocenters. The summed E-state index contributed by atoms with van der Waals surface area (Å²) in [5.41, 5.74) is 3.61. The molecule has 0 fully saturated rings. The zero-order chi connectivity index (χ0) is 23.9. The summed E-state index contributed by atoms with van der Waals surface area (Å²) in [5.74, 6) is 0.144. The molecule has 4 aromatic rings. The number of esters is 1. The molecule has 0 bridgehead atoms. The molecule has 0 saturated carbocycles. The van der Waals surface area contributed by atoms with Crippen LogP contribution in [0.2, 0.25) is 0 Å². The standard InChI is InChI=1S/C26H18Br2N2O4/c27-20-10-7-19(8-11-20)26(32)34-21-12-5-17(6-13-21)15-29-30-24(31)16-33-23-14-9-18-3-1-2-4-22(18)25(23)28/h1-15H,16H2,(H,30,31)/b29-15+. The van der Waals surface area contributed by atoms with E-state index in [4.69, 9.17) is 9.47 Å². The van der Waals surface area contributed by atoms with Crippen LogP contribution in [-0.4, -0.2) is 24.7 Å². The fraction of sp³-hybridized carbons (Fsp3) is 0.0385. The minimum atomic E-state index is -0.445. The second kappa shape index (κ2) is 11.1. The van der Waals surface area contributed by atoms with E-state index in [0.29, 0.717) is 17.1 Å². The van der Waals surface area contributed by atoms with E-state index in [1.807, 2.05) is 36.4 Å². The summed E-state index contributed by atoms with van der Waals surface area (Å²) in [6.07, 6.45) is 1.49. The van der Waals surface area contributed by atoms with Gasteiger partial charge in [0.25, 0.3) is 5.91 Å². The summed E-state index contributed by atoms with van der Waals surface area (Å²) >= 11 is 6.86. The molecule has 0 aromatic heterocycles. The van der Waals surface area contributed by atoms with E-state index in [2.05, 4.69) is 42.4 Å². The van der Waals surface area contributed by atoms with E-state index in [9.17, 15) is 9.59 Å². The number of hydrogen-bond acceptors (Lipinski definition) is 5. The minimum absolute atomic E-state index is 0.181. The van der Waals surface area contributed by atoms with Crippen LogP contribution in [0.1, 0.15) is 15.9 Å². The monoisotopic (exact) mass is 580 g/mol. The Hall–Kier alpha value is -3.49. The third-order valence-electron chi connectivity index (χ3n) is 4.76. The van der Waals surface area contributed by atoms with Crippen LogP contribution in [0.5, 0.6) is 11.5 Å². The van der Waals surface area contributed by atoms with Crippen molar-refractivity contribution in [1.82, 2.24) is 5.43 Å². The number of benzene rings is 4. The van der Waals surface area contributed by atoms with Gasteiger partial charge in [-0.15, -0.1) is 0 Å². The van der Waals surface area contributed by atoms with Crippen LogP contribution in [0, 0.1) is 0 Å². The molecule has 0 atom stereocenters. The maximum Gasteiger partial charge on any atom is 0.343 e. The van der Waals surface area contributed by atoms with Crippen LogP contribution >= 0.6 is 31.9 Å². The molecule has 34 heavy (non-hydrogen) atoms. The molecule has 0 spiro atoms. The van der Waals surface area contributed by atoms with E-state index in [-0.39, 0.29) is 6.61 Å². The lowest BCUT2D eigenvalue weighted by Crippen LogP contribution is -2.24. The zero-order valence-electron chi connectivity index (χ0n) is 17.7. The number of carbonyl (C=O) groups is 2. The Kier molecular flexibility index (Phi) is 7.72. The minimum Gasteiger partial charge on any atom is -0.483 e. The van der Waals surface area contributed by atoms with Crippen LogP contribution < -0.4 is 14.9 Å². The van der Waals surface area contributed by atoms with Crippen LogP contribution in [0.3, 0.4) is 0 Å². The molecule has 0 aliphatic heterocycles. The van der Waals surface area contributed by atoms with Crippen molar-refractivity contribution in [3.63, 3.8) is 0 Å². The lowest BCUT2D eigenvalue weighted by Gasteiger charge is -2.09. The van der Waals surface area contributed by atoms with Gasteiger partial charge in [-0.2, -0.15) is 5.10 Å². The average Bonchev–Trinajstić information content (AvgIpc) is 2.85. The van der Waals surface area contributed by atoms with Crippen molar-refractivity contribution >= 4 is 60.7 Å². The summed E-state index contributed by atoms with van der Waals surface area (Å²) in [5, 5.41) is 6.02. The highest BCUT2D eigenvalue weighted by Crippen LogP contribution is 2.32. The van der Waals surface area contributed by atoms with Crippen molar-refractivity contribution in [3.8, 4) is 11.5 Å². The largest absolute Gasteiger partial charge is 0.483 e. The van der Waals surface area contributed by atoms with Gasteiger partial charge in [-0.3, -0.25) is 4.79 Å². The van der Waals surface area contributed by atoms with Gasteiger partial charge in [-0.1, -0.05) is 46.3 Å². The Labute approximate surface area is 212 Å². The summed E-state index contributed by atoms with van der Waals surface area (Å²) in [6.45, 7) is -0.181. The number of rotatable bonds is 7. The van der Waals surface area contributed by atoms with Crippen molar-refractivity contribution < 1.29 is 19.1 Å².